The number of aromatic nitrogens is 4. The van der Waals surface area contributed by atoms with Gasteiger partial charge in [0.1, 0.15) is 12.4 Å². The van der Waals surface area contributed by atoms with Gasteiger partial charge in [0.15, 0.2) is 11.6 Å². The molecule has 0 spiro atoms. The van der Waals surface area contributed by atoms with Gasteiger partial charge in [-0.3, -0.25) is 19.6 Å². The Kier molecular flexibility index (Phi) is 4.76. The molecule has 0 aliphatic carbocycles. The Labute approximate surface area is 192 Å². The first-order valence-corrected chi connectivity index (χ1v) is 10.7. The fraction of sp³-hybridized carbons (Fsp3) is 0.280. The Morgan fingerprint density at radius 3 is 2.58 bits per heavy atom. The molecular weight excluding hydrogens is 416 g/mol. The number of hydrogen-bond donors (Lipinski definition) is 0. The second-order valence-electron chi connectivity index (χ2n) is 8.64. The first-order chi connectivity index (χ1) is 15.8. The molecule has 0 bridgehead atoms. The normalized spacial score (nSPS) is 16.6. The van der Waals surface area contributed by atoms with Crippen LogP contribution in [0.25, 0.3) is 11.1 Å². The molecule has 1 fully saturated rings. The van der Waals surface area contributed by atoms with Crippen molar-refractivity contribution in [2.24, 2.45) is 0 Å². The highest BCUT2D eigenvalue weighted by molar-refractivity contribution is 6.12. The molecule has 33 heavy (non-hydrogen) atoms. The molecular formula is C25H24N6O2. The van der Waals surface area contributed by atoms with Crippen LogP contribution >= 0.6 is 0 Å². The summed E-state index contributed by atoms with van der Waals surface area (Å²) in [5, 5.41) is 0. The third kappa shape index (κ3) is 3.27. The summed E-state index contributed by atoms with van der Waals surface area (Å²) >= 11 is 0. The molecule has 166 valence electrons. The van der Waals surface area contributed by atoms with Gasteiger partial charge >= 0.3 is 0 Å². The van der Waals surface area contributed by atoms with Crippen molar-refractivity contribution >= 4 is 23.2 Å². The zero-order valence-electron chi connectivity index (χ0n) is 19.1. The van der Waals surface area contributed by atoms with Crippen molar-refractivity contribution in [2.75, 3.05) is 23.0 Å². The number of carbonyl (C=O) groups excluding carboxylic acids is 1. The van der Waals surface area contributed by atoms with E-state index in [0.29, 0.717) is 36.5 Å². The highest BCUT2D eigenvalue weighted by Gasteiger charge is 2.45. The van der Waals surface area contributed by atoms with Crippen molar-refractivity contribution in [3.63, 3.8) is 0 Å². The number of anilines is 3. The topological polar surface area (TPSA) is 84.3 Å². The molecule has 1 aromatic carbocycles. The van der Waals surface area contributed by atoms with E-state index in [1.165, 1.54) is 0 Å². The number of aryl methyl sites for hydroxylation is 2. The number of benzene rings is 1. The third-order valence-corrected chi connectivity index (χ3v) is 6.12. The van der Waals surface area contributed by atoms with E-state index in [4.69, 9.17) is 9.72 Å². The van der Waals surface area contributed by atoms with Crippen molar-refractivity contribution in [3.8, 4) is 11.1 Å². The summed E-state index contributed by atoms with van der Waals surface area (Å²) in [6, 6.07) is 5.99. The number of carbonyl (C=O) groups is 1. The molecule has 2 aromatic heterocycles. The van der Waals surface area contributed by atoms with E-state index in [1.807, 2.05) is 50.8 Å². The SMILES string of the molecule is C=C=C1OCCN1c1nc(N2C(=O)C(C)(C)c3ccc(-c4cnc(C)nc4)cc32)cnc1C. The average molecular weight is 441 g/mol. The molecule has 0 unspecified atom stereocenters. The molecule has 4 heterocycles. The fourth-order valence-electron chi connectivity index (χ4n) is 4.25. The highest BCUT2D eigenvalue weighted by atomic mass is 16.5. The van der Waals surface area contributed by atoms with Crippen LogP contribution in [0.3, 0.4) is 0 Å². The predicted molar refractivity (Wildman–Crippen MR) is 125 cm³/mol. The van der Waals surface area contributed by atoms with Crippen LogP contribution in [0.15, 0.2) is 55.0 Å². The Hall–Kier alpha value is -4.03. The average Bonchev–Trinajstić information content (AvgIpc) is 3.36. The van der Waals surface area contributed by atoms with Crippen molar-refractivity contribution in [3.05, 3.63) is 72.1 Å². The third-order valence-electron chi connectivity index (χ3n) is 6.12. The van der Waals surface area contributed by atoms with E-state index >= 15 is 0 Å². The zero-order chi connectivity index (χ0) is 23.3. The molecule has 1 saturated heterocycles. The fourth-order valence-corrected chi connectivity index (χ4v) is 4.25. The number of hydrogen-bond acceptors (Lipinski definition) is 7. The quantitative estimate of drug-likeness (QED) is 0.570. The van der Waals surface area contributed by atoms with Crippen LogP contribution in [0.1, 0.15) is 30.9 Å². The van der Waals surface area contributed by atoms with Gasteiger partial charge < -0.3 is 4.74 Å². The molecule has 0 atom stereocenters. The van der Waals surface area contributed by atoms with Crippen LogP contribution in [-0.2, 0) is 14.9 Å². The van der Waals surface area contributed by atoms with Gasteiger partial charge in [-0.1, -0.05) is 24.4 Å². The lowest BCUT2D eigenvalue weighted by Crippen LogP contribution is -2.34. The van der Waals surface area contributed by atoms with Gasteiger partial charge in [0.05, 0.1) is 29.5 Å². The van der Waals surface area contributed by atoms with E-state index < -0.39 is 5.41 Å². The Bertz CT molecular complexity index is 1330. The lowest BCUT2D eigenvalue weighted by atomic mass is 9.85. The summed E-state index contributed by atoms with van der Waals surface area (Å²) in [6.07, 6.45) is 5.21. The van der Waals surface area contributed by atoms with Crippen molar-refractivity contribution in [1.82, 2.24) is 19.9 Å². The van der Waals surface area contributed by atoms with Crippen LogP contribution in [0.4, 0.5) is 17.3 Å². The number of nitrogens with zero attached hydrogens (tertiary/aromatic N) is 6. The van der Waals surface area contributed by atoms with E-state index in [9.17, 15) is 4.79 Å². The monoisotopic (exact) mass is 440 g/mol. The maximum Gasteiger partial charge on any atom is 0.242 e. The predicted octanol–water partition coefficient (Wildman–Crippen LogP) is 3.97. The standard InChI is InChI=1S/C25H24N6O2/c1-6-22-30(9-10-33-22)23-15(2)26-14-21(29-23)31-20-11-17(18-12-27-16(3)28-13-18)7-8-19(20)25(4,5)24(31)32/h7-8,11-14H,1,9-10H2,2-5H3. The first-order valence-electron chi connectivity index (χ1n) is 10.7. The van der Waals surface area contributed by atoms with Crippen LogP contribution < -0.4 is 9.80 Å². The first kappa shape index (κ1) is 20.8. The maximum atomic E-state index is 13.6. The second kappa shape index (κ2) is 7.53. The molecule has 2 aliphatic heterocycles. The van der Waals surface area contributed by atoms with Gasteiger partial charge in [-0.25, -0.2) is 15.0 Å². The zero-order valence-corrected chi connectivity index (χ0v) is 19.1. The van der Waals surface area contributed by atoms with E-state index in [1.54, 1.807) is 23.5 Å². The van der Waals surface area contributed by atoms with Gasteiger partial charge in [-0.2, -0.15) is 0 Å². The van der Waals surface area contributed by atoms with Gasteiger partial charge in [0.25, 0.3) is 0 Å². The molecule has 3 aromatic rings. The van der Waals surface area contributed by atoms with E-state index in [2.05, 4.69) is 27.3 Å². The van der Waals surface area contributed by atoms with Gasteiger partial charge in [-0.05, 0) is 44.9 Å². The minimum absolute atomic E-state index is 0.0592. The Morgan fingerprint density at radius 2 is 1.85 bits per heavy atom. The number of ether oxygens (including phenoxy) is 1. The lowest BCUT2D eigenvalue weighted by Gasteiger charge is -2.22. The minimum atomic E-state index is -0.701. The van der Waals surface area contributed by atoms with Crippen LogP contribution in [0.2, 0.25) is 0 Å². The molecule has 1 amide bonds. The van der Waals surface area contributed by atoms with E-state index in [-0.39, 0.29) is 5.91 Å². The minimum Gasteiger partial charge on any atom is -0.471 e. The number of fused-ring (bicyclic) bond motifs is 1. The molecule has 0 saturated carbocycles. The lowest BCUT2D eigenvalue weighted by molar-refractivity contribution is -0.121. The van der Waals surface area contributed by atoms with Gasteiger partial charge in [-0.15, -0.1) is 0 Å². The number of rotatable bonds is 3. The van der Waals surface area contributed by atoms with Gasteiger partial charge in [0, 0.05) is 18.0 Å². The molecule has 8 nitrogen and oxygen atoms in total. The van der Waals surface area contributed by atoms with Crippen LogP contribution in [0, 0.1) is 13.8 Å². The summed E-state index contributed by atoms with van der Waals surface area (Å²) in [5.74, 6) is 2.24. The summed E-state index contributed by atoms with van der Waals surface area (Å²) in [4.78, 5) is 35.1. The molecule has 0 N–H and O–H groups in total. The van der Waals surface area contributed by atoms with Crippen molar-refractivity contribution < 1.29 is 9.53 Å². The summed E-state index contributed by atoms with van der Waals surface area (Å²) < 4.78 is 5.58. The van der Waals surface area contributed by atoms with Crippen LogP contribution in [-0.4, -0.2) is 39.0 Å². The Balaban J connectivity index is 1.64. The van der Waals surface area contributed by atoms with E-state index in [0.717, 1.165) is 28.1 Å². The maximum absolute atomic E-state index is 13.6. The smallest absolute Gasteiger partial charge is 0.242 e. The van der Waals surface area contributed by atoms with Gasteiger partial charge in [0.2, 0.25) is 11.8 Å². The molecule has 0 radical (unpaired) electrons. The second-order valence-corrected chi connectivity index (χ2v) is 8.64. The Morgan fingerprint density at radius 1 is 1.09 bits per heavy atom. The largest absolute Gasteiger partial charge is 0.471 e. The summed E-state index contributed by atoms with van der Waals surface area (Å²) in [5.41, 5.74) is 6.36. The van der Waals surface area contributed by atoms with Crippen LogP contribution in [0.5, 0.6) is 0 Å². The summed E-state index contributed by atoms with van der Waals surface area (Å²) in [6.45, 7) is 12.4. The highest BCUT2D eigenvalue weighted by Crippen LogP contribution is 2.46. The molecule has 5 rings (SSSR count). The number of amides is 1. The molecule has 8 heteroatoms. The molecule has 2 aliphatic rings. The summed E-state index contributed by atoms with van der Waals surface area (Å²) in [7, 11) is 0. The van der Waals surface area contributed by atoms with Crippen molar-refractivity contribution in [2.45, 2.75) is 33.1 Å². The van der Waals surface area contributed by atoms with Crippen molar-refractivity contribution in [1.29, 1.82) is 0 Å².